The Balaban J connectivity index is 1.75. The van der Waals surface area contributed by atoms with E-state index in [9.17, 15) is 4.79 Å². The number of carbonyl (C=O) groups excluding carboxylic acids is 1. The molecule has 0 aromatic carbocycles. The van der Waals surface area contributed by atoms with E-state index >= 15 is 0 Å². The van der Waals surface area contributed by atoms with E-state index in [4.69, 9.17) is 10.5 Å². The molecule has 1 saturated carbocycles. The van der Waals surface area contributed by atoms with E-state index in [2.05, 4.69) is 15.5 Å². The highest BCUT2D eigenvalue weighted by atomic mass is 16.5. The van der Waals surface area contributed by atoms with Crippen LogP contribution in [0.15, 0.2) is 24.4 Å². The van der Waals surface area contributed by atoms with Crippen molar-refractivity contribution in [1.82, 2.24) is 19.9 Å². The lowest BCUT2D eigenvalue weighted by atomic mass is 9.54. The predicted octanol–water partition coefficient (Wildman–Crippen LogP) is 1.44. The number of pyridine rings is 1. The zero-order valence-corrected chi connectivity index (χ0v) is 14.6. The first kappa shape index (κ1) is 16.9. The van der Waals surface area contributed by atoms with Crippen LogP contribution in [0.3, 0.4) is 0 Å². The number of amides is 1. The number of nitrogens with one attached hydrogen (secondary N) is 1. The van der Waals surface area contributed by atoms with Crippen molar-refractivity contribution in [3.63, 3.8) is 0 Å². The third-order valence-electron chi connectivity index (χ3n) is 5.31. The quantitative estimate of drug-likeness (QED) is 0.864. The molecule has 3 N–H and O–H groups in total. The van der Waals surface area contributed by atoms with Crippen molar-refractivity contribution in [2.24, 2.45) is 11.1 Å². The van der Waals surface area contributed by atoms with Crippen molar-refractivity contribution < 1.29 is 9.53 Å². The second-order valence-corrected chi connectivity index (χ2v) is 7.02. The number of aromatic nitrogens is 3. The molecular weight excluding hydrogens is 306 g/mol. The molecule has 7 nitrogen and oxygen atoms in total. The van der Waals surface area contributed by atoms with Gasteiger partial charge in [-0.15, -0.1) is 10.2 Å². The Morgan fingerprint density at radius 2 is 2.25 bits per heavy atom. The molecule has 0 radical (unpaired) electrons. The van der Waals surface area contributed by atoms with E-state index in [1.54, 1.807) is 0 Å². The lowest BCUT2D eigenvalue weighted by Gasteiger charge is -2.57. The first-order chi connectivity index (χ1) is 11.3. The van der Waals surface area contributed by atoms with Gasteiger partial charge in [0.2, 0.25) is 5.91 Å². The zero-order chi connectivity index (χ0) is 17.5. The molecule has 1 fully saturated rings. The van der Waals surface area contributed by atoms with Crippen molar-refractivity contribution in [2.75, 3.05) is 6.61 Å². The Hall–Kier alpha value is -1.99. The number of nitrogens with two attached hydrogens (primary N) is 1. The molecule has 3 rings (SSSR count). The number of carbonyl (C=O) groups is 1. The third kappa shape index (κ3) is 2.39. The van der Waals surface area contributed by atoms with E-state index in [0.717, 1.165) is 5.65 Å². The van der Waals surface area contributed by atoms with Gasteiger partial charge in [0.1, 0.15) is 5.54 Å². The fraction of sp³-hybridized carbons (Fsp3) is 0.588. The second kappa shape index (κ2) is 5.82. The molecule has 130 valence electrons. The first-order valence-corrected chi connectivity index (χ1v) is 8.32. The number of fused-ring (bicyclic) bond motifs is 1. The molecule has 2 aromatic rings. The monoisotopic (exact) mass is 331 g/mol. The topological polar surface area (TPSA) is 94.5 Å². The highest BCUT2D eigenvalue weighted by Crippen LogP contribution is 2.50. The Morgan fingerprint density at radius 1 is 1.50 bits per heavy atom. The van der Waals surface area contributed by atoms with Gasteiger partial charge >= 0.3 is 0 Å². The summed E-state index contributed by atoms with van der Waals surface area (Å²) in [5.41, 5.74) is 5.81. The summed E-state index contributed by atoms with van der Waals surface area (Å²) in [5.74, 6) is 0.504. The molecule has 24 heavy (non-hydrogen) atoms. The standard InChI is InChI=1S/C17H25N5O2/c1-5-24-12-10-17(18,16(12,3)4)15(23)19-11(2)14-21-20-13-8-6-7-9-22(13)14/h6-9,11-12H,5,10,18H2,1-4H3,(H,19,23). The number of nitrogens with zero attached hydrogens (tertiary/aromatic N) is 3. The average molecular weight is 331 g/mol. The van der Waals surface area contributed by atoms with E-state index in [1.165, 1.54) is 0 Å². The lowest BCUT2D eigenvalue weighted by molar-refractivity contribution is -0.171. The smallest absolute Gasteiger partial charge is 0.241 e. The van der Waals surface area contributed by atoms with Crippen molar-refractivity contribution in [3.05, 3.63) is 30.2 Å². The van der Waals surface area contributed by atoms with Crippen molar-refractivity contribution >= 4 is 11.6 Å². The molecule has 7 heteroatoms. The molecule has 3 unspecified atom stereocenters. The van der Waals surface area contributed by atoms with Crippen LogP contribution >= 0.6 is 0 Å². The summed E-state index contributed by atoms with van der Waals surface area (Å²) < 4.78 is 7.55. The van der Waals surface area contributed by atoms with Crippen LogP contribution in [-0.4, -0.2) is 38.8 Å². The lowest BCUT2D eigenvalue weighted by Crippen LogP contribution is -2.75. The van der Waals surface area contributed by atoms with Gasteiger partial charge in [0.05, 0.1) is 12.1 Å². The fourth-order valence-corrected chi connectivity index (χ4v) is 3.37. The maximum atomic E-state index is 12.8. The number of rotatable bonds is 5. The summed E-state index contributed by atoms with van der Waals surface area (Å²) in [6, 6.07) is 5.38. The van der Waals surface area contributed by atoms with Gasteiger partial charge in [0.25, 0.3) is 0 Å². The second-order valence-electron chi connectivity index (χ2n) is 7.02. The van der Waals surface area contributed by atoms with Crippen molar-refractivity contribution in [1.29, 1.82) is 0 Å². The van der Waals surface area contributed by atoms with E-state index < -0.39 is 11.0 Å². The van der Waals surface area contributed by atoms with Crippen LogP contribution in [0.4, 0.5) is 0 Å². The van der Waals surface area contributed by atoms with Crippen LogP contribution in [0, 0.1) is 5.41 Å². The highest BCUT2D eigenvalue weighted by Gasteiger charge is 2.63. The maximum Gasteiger partial charge on any atom is 0.241 e. The van der Waals surface area contributed by atoms with Gasteiger partial charge in [0.15, 0.2) is 11.5 Å². The molecule has 1 aliphatic rings. The molecule has 0 bridgehead atoms. The average Bonchev–Trinajstić information content (AvgIpc) is 2.98. The van der Waals surface area contributed by atoms with E-state index in [-0.39, 0.29) is 18.1 Å². The summed E-state index contributed by atoms with van der Waals surface area (Å²) in [6.07, 6.45) is 2.40. The van der Waals surface area contributed by atoms with E-state index in [1.807, 2.05) is 56.5 Å². The van der Waals surface area contributed by atoms with E-state index in [0.29, 0.717) is 18.9 Å². The Bertz CT molecular complexity index is 756. The molecule has 3 atom stereocenters. The maximum absolute atomic E-state index is 12.8. The van der Waals surface area contributed by atoms with Crippen LogP contribution in [0.1, 0.15) is 46.0 Å². The minimum Gasteiger partial charge on any atom is -0.378 e. The minimum absolute atomic E-state index is 0.00229. The van der Waals surface area contributed by atoms with Gasteiger partial charge in [-0.3, -0.25) is 9.20 Å². The van der Waals surface area contributed by atoms with Gasteiger partial charge < -0.3 is 15.8 Å². The SMILES string of the molecule is CCOC1CC(N)(C(=O)NC(C)c2nnc3ccccn23)C1(C)C. The summed E-state index contributed by atoms with van der Waals surface area (Å²) in [4.78, 5) is 12.8. The molecule has 2 heterocycles. The Morgan fingerprint density at radius 3 is 2.92 bits per heavy atom. The van der Waals surface area contributed by atoms with Gasteiger partial charge in [-0.1, -0.05) is 19.9 Å². The van der Waals surface area contributed by atoms with Crippen LogP contribution < -0.4 is 11.1 Å². The molecular formula is C17H25N5O2. The Labute approximate surface area is 141 Å². The van der Waals surface area contributed by atoms with Gasteiger partial charge in [-0.25, -0.2) is 0 Å². The molecule has 0 saturated heterocycles. The summed E-state index contributed by atoms with van der Waals surface area (Å²) in [6.45, 7) is 8.41. The zero-order valence-electron chi connectivity index (χ0n) is 14.6. The molecule has 2 aromatic heterocycles. The molecule has 0 spiro atoms. The largest absolute Gasteiger partial charge is 0.378 e. The van der Waals surface area contributed by atoms with Gasteiger partial charge in [0, 0.05) is 24.6 Å². The minimum atomic E-state index is -0.943. The van der Waals surface area contributed by atoms with Crippen LogP contribution in [0.5, 0.6) is 0 Å². The normalized spacial score (nSPS) is 26.8. The summed E-state index contributed by atoms with van der Waals surface area (Å²) in [7, 11) is 0. The summed E-state index contributed by atoms with van der Waals surface area (Å²) >= 11 is 0. The van der Waals surface area contributed by atoms with Crippen molar-refractivity contribution in [3.8, 4) is 0 Å². The third-order valence-corrected chi connectivity index (χ3v) is 5.31. The highest BCUT2D eigenvalue weighted by molar-refractivity contribution is 5.89. The van der Waals surface area contributed by atoms with Gasteiger partial charge in [-0.05, 0) is 26.0 Å². The number of hydrogen-bond donors (Lipinski definition) is 2. The van der Waals surface area contributed by atoms with Crippen LogP contribution in [-0.2, 0) is 9.53 Å². The summed E-state index contributed by atoms with van der Waals surface area (Å²) in [5, 5.41) is 11.3. The Kier molecular flexibility index (Phi) is 4.09. The molecule has 1 aliphatic carbocycles. The van der Waals surface area contributed by atoms with Crippen LogP contribution in [0.25, 0.3) is 5.65 Å². The van der Waals surface area contributed by atoms with Crippen LogP contribution in [0.2, 0.25) is 0 Å². The fourth-order valence-electron chi connectivity index (χ4n) is 3.37. The number of ether oxygens (including phenoxy) is 1. The predicted molar refractivity (Wildman–Crippen MR) is 90.3 cm³/mol. The molecule has 0 aliphatic heterocycles. The number of hydrogen-bond acceptors (Lipinski definition) is 5. The first-order valence-electron chi connectivity index (χ1n) is 8.32. The van der Waals surface area contributed by atoms with Gasteiger partial charge in [-0.2, -0.15) is 0 Å². The molecule has 1 amide bonds. The van der Waals surface area contributed by atoms with Crippen molar-refractivity contribution in [2.45, 2.75) is 51.8 Å².